The molecular formula is C17H22N6O3S. The van der Waals surface area contributed by atoms with E-state index >= 15 is 0 Å². The molecule has 27 heavy (non-hydrogen) atoms. The molecule has 0 radical (unpaired) electrons. The number of hydrogen-bond donors (Lipinski definition) is 3. The van der Waals surface area contributed by atoms with Crippen molar-refractivity contribution in [2.45, 2.75) is 23.8 Å². The Morgan fingerprint density at radius 2 is 2.00 bits per heavy atom. The minimum atomic E-state index is -3.29. The summed E-state index contributed by atoms with van der Waals surface area (Å²) in [5.41, 5.74) is 12.0. The van der Waals surface area contributed by atoms with Crippen molar-refractivity contribution in [1.82, 2.24) is 9.97 Å². The molecule has 1 amide bonds. The maximum absolute atomic E-state index is 11.7. The monoisotopic (exact) mass is 390 g/mol. The molecule has 2 heterocycles. The minimum Gasteiger partial charge on any atom is -0.364 e. The Hall–Kier alpha value is -2.72. The zero-order valence-electron chi connectivity index (χ0n) is 14.9. The van der Waals surface area contributed by atoms with Gasteiger partial charge in [0.25, 0.3) is 5.91 Å². The number of nitrogens with two attached hydrogens (primary N) is 2. The zero-order chi connectivity index (χ0) is 19.6. The van der Waals surface area contributed by atoms with Crippen molar-refractivity contribution in [3.8, 4) is 0 Å². The first-order chi connectivity index (χ1) is 12.7. The molecule has 1 aromatic carbocycles. The van der Waals surface area contributed by atoms with Crippen LogP contribution in [0.5, 0.6) is 0 Å². The first-order valence-electron chi connectivity index (χ1n) is 8.48. The molecule has 1 aliphatic rings. The van der Waals surface area contributed by atoms with E-state index in [-0.39, 0.29) is 22.4 Å². The van der Waals surface area contributed by atoms with Crippen LogP contribution in [0.15, 0.2) is 35.4 Å². The first kappa shape index (κ1) is 19.1. The topological polar surface area (TPSA) is 144 Å². The lowest BCUT2D eigenvalue weighted by molar-refractivity contribution is 0.0996. The van der Waals surface area contributed by atoms with Crippen LogP contribution >= 0.6 is 0 Å². The van der Waals surface area contributed by atoms with E-state index in [4.69, 9.17) is 11.5 Å². The SMILES string of the molecule is CS(=O)(=O)c1ccc(Nc2nc(N3CCC[C@H](N)C3)cnc2C(N)=O)cc1. The van der Waals surface area contributed by atoms with Gasteiger partial charge in [-0.15, -0.1) is 0 Å². The van der Waals surface area contributed by atoms with E-state index in [1.54, 1.807) is 12.1 Å². The number of sulfone groups is 1. The van der Waals surface area contributed by atoms with Crippen LogP contribution in [-0.4, -0.2) is 49.7 Å². The summed E-state index contributed by atoms with van der Waals surface area (Å²) in [5.74, 6) is 0.108. The third-order valence-corrected chi connectivity index (χ3v) is 5.45. The Bertz CT molecular complexity index is 946. The summed E-state index contributed by atoms with van der Waals surface area (Å²) < 4.78 is 23.1. The Morgan fingerprint density at radius 1 is 1.30 bits per heavy atom. The molecule has 1 saturated heterocycles. The van der Waals surface area contributed by atoms with Gasteiger partial charge >= 0.3 is 0 Å². The number of hydrogen-bond acceptors (Lipinski definition) is 8. The summed E-state index contributed by atoms with van der Waals surface area (Å²) >= 11 is 0. The molecule has 1 atom stereocenters. The van der Waals surface area contributed by atoms with Gasteiger partial charge in [0.2, 0.25) is 0 Å². The van der Waals surface area contributed by atoms with E-state index in [1.807, 2.05) is 4.90 Å². The predicted molar refractivity (Wildman–Crippen MR) is 103 cm³/mol. The molecule has 1 fully saturated rings. The molecular weight excluding hydrogens is 368 g/mol. The molecule has 0 saturated carbocycles. The average Bonchev–Trinajstić information content (AvgIpc) is 2.61. The lowest BCUT2D eigenvalue weighted by atomic mass is 10.1. The van der Waals surface area contributed by atoms with Crippen molar-refractivity contribution in [3.63, 3.8) is 0 Å². The number of anilines is 3. The lowest BCUT2D eigenvalue weighted by Gasteiger charge is -2.31. The lowest BCUT2D eigenvalue weighted by Crippen LogP contribution is -2.43. The van der Waals surface area contributed by atoms with Gasteiger partial charge in [-0.05, 0) is 37.1 Å². The summed E-state index contributed by atoms with van der Waals surface area (Å²) in [6.45, 7) is 1.47. The summed E-state index contributed by atoms with van der Waals surface area (Å²) in [5, 5.41) is 3.00. The van der Waals surface area contributed by atoms with Crippen LogP contribution in [0.4, 0.5) is 17.3 Å². The summed E-state index contributed by atoms with van der Waals surface area (Å²) in [7, 11) is -3.29. The number of carbonyl (C=O) groups excluding carboxylic acids is 1. The van der Waals surface area contributed by atoms with Crippen LogP contribution in [0.1, 0.15) is 23.3 Å². The number of amides is 1. The second-order valence-corrected chi connectivity index (χ2v) is 8.58. The molecule has 9 nitrogen and oxygen atoms in total. The van der Waals surface area contributed by atoms with Crippen LogP contribution in [-0.2, 0) is 9.84 Å². The highest BCUT2D eigenvalue weighted by molar-refractivity contribution is 7.90. The van der Waals surface area contributed by atoms with Crippen LogP contribution in [0, 0.1) is 0 Å². The van der Waals surface area contributed by atoms with E-state index in [2.05, 4.69) is 15.3 Å². The summed E-state index contributed by atoms with van der Waals surface area (Å²) in [4.78, 5) is 22.6. The quantitative estimate of drug-likeness (QED) is 0.675. The average molecular weight is 390 g/mol. The number of nitrogens with one attached hydrogen (secondary N) is 1. The normalized spacial score (nSPS) is 17.6. The maximum atomic E-state index is 11.7. The van der Waals surface area contributed by atoms with Gasteiger partial charge in [0.1, 0.15) is 5.82 Å². The van der Waals surface area contributed by atoms with E-state index < -0.39 is 15.7 Å². The Morgan fingerprint density at radius 3 is 2.59 bits per heavy atom. The van der Waals surface area contributed by atoms with Crippen molar-refractivity contribution in [2.75, 3.05) is 29.6 Å². The van der Waals surface area contributed by atoms with E-state index in [0.717, 1.165) is 25.6 Å². The van der Waals surface area contributed by atoms with Gasteiger partial charge in [-0.2, -0.15) is 0 Å². The van der Waals surface area contributed by atoms with E-state index in [1.165, 1.54) is 18.3 Å². The predicted octanol–water partition coefficient (Wildman–Crippen LogP) is 0.650. The Kier molecular flexibility index (Phi) is 5.29. The zero-order valence-corrected chi connectivity index (χ0v) is 15.7. The molecule has 10 heteroatoms. The number of benzene rings is 1. The Balaban J connectivity index is 1.90. The number of aromatic nitrogens is 2. The highest BCUT2D eigenvalue weighted by Gasteiger charge is 2.21. The van der Waals surface area contributed by atoms with Crippen molar-refractivity contribution in [1.29, 1.82) is 0 Å². The molecule has 0 spiro atoms. The fourth-order valence-electron chi connectivity index (χ4n) is 2.94. The fourth-order valence-corrected chi connectivity index (χ4v) is 3.57. The van der Waals surface area contributed by atoms with Gasteiger partial charge in [0, 0.05) is 31.1 Å². The van der Waals surface area contributed by atoms with Crippen molar-refractivity contribution in [3.05, 3.63) is 36.2 Å². The second kappa shape index (κ2) is 7.49. The highest BCUT2D eigenvalue weighted by Crippen LogP contribution is 2.23. The van der Waals surface area contributed by atoms with Gasteiger partial charge in [-0.3, -0.25) is 4.79 Å². The van der Waals surface area contributed by atoms with E-state index in [0.29, 0.717) is 18.1 Å². The van der Waals surface area contributed by atoms with Gasteiger partial charge in [0.15, 0.2) is 21.3 Å². The summed E-state index contributed by atoms with van der Waals surface area (Å²) in [6.07, 6.45) is 4.56. The third kappa shape index (κ3) is 4.52. The number of nitrogens with zero attached hydrogens (tertiary/aromatic N) is 3. The van der Waals surface area contributed by atoms with Crippen molar-refractivity contribution >= 4 is 33.1 Å². The molecule has 0 unspecified atom stereocenters. The number of rotatable bonds is 5. The van der Waals surface area contributed by atoms with Crippen LogP contribution < -0.4 is 21.7 Å². The molecule has 144 valence electrons. The van der Waals surface area contributed by atoms with Gasteiger partial charge in [0.05, 0.1) is 11.1 Å². The van der Waals surface area contributed by atoms with Gasteiger partial charge in [-0.1, -0.05) is 0 Å². The van der Waals surface area contributed by atoms with Gasteiger partial charge in [-0.25, -0.2) is 18.4 Å². The van der Waals surface area contributed by atoms with Gasteiger partial charge < -0.3 is 21.7 Å². The third-order valence-electron chi connectivity index (χ3n) is 4.32. The van der Waals surface area contributed by atoms with Crippen LogP contribution in [0.2, 0.25) is 0 Å². The fraction of sp³-hybridized carbons (Fsp3) is 0.353. The molecule has 1 aromatic heterocycles. The molecule has 5 N–H and O–H groups in total. The number of carbonyl (C=O) groups is 1. The highest BCUT2D eigenvalue weighted by atomic mass is 32.2. The first-order valence-corrected chi connectivity index (χ1v) is 10.4. The number of primary amides is 1. The smallest absolute Gasteiger partial charge is 0.271 e. The largest absolute Gasteiger partial charge is 0.364 e. The standard InChI is InChI=1S/C17H22N6O3S/c1-27(25,26)13-6-4-12(5-7-13)21-17-15(16(19)24)20-9-14(22-17)23-8-2-3-11(18)10-23/h4-7,9,11H,2-3,8,10,18H2,1H3,(H2,19,24)(H,21,22)/t11-/m0/s1. The van der Waals surface area contributed by atoms with Crippen LogP contribution in [0.25, 0.3) is 0 Å². The molecule has 0 aliphatic carbocycles. The maximum Gasteiger partial charge on any atom is 0.271 e. The minimum absolute atomic E-state index is 0.00671. The Labute approximate surface area is 157 Å². The van der Waals surface area contributed by atoms with E-state index in [9.17, 15) is 13.2 Å². The van der Waals surface area contributed by atoms with Crippen molar-refractivity contribution in [2.24, 2.45) is 11.5 Å². The molecule has 1 aliphatic heterocycles. The second-order valence-electron chi connectivity index (χ2n) is 6.56. The molecule has 2 aromatic rings. The number of piperidine rings is 1. The molecule has 0 bridgehead atoms. The summed E-state index contributed by atoms with van der Waals surface area (Å²) in [6, 6.07) is 6.19. The van der Waals surface area contributed by atoms with Crippen LogP contribution in [0.3, 0.4) is 0 Å². The van der Waals surface area contributed by atoms with Crippen molar-refractivity contribution < 1.29 is 13.2 Å². The molecule has 3 rings (SSSR count).